The van der Waals surface area contributed by atoms with Crippen LogP contribution in [-0.4, -0.2) is 24.6 Å². The Morgan fingerprint density at radius 2 is 2.11 bits per heavy atom. The van der Waals surface area contributed by atoms with E-state index >= 15 is 0 Å². The van der Waals surface area contributed by atoms with Crippen LogP contribution < -0.4 is 10.6 Å². The number of piperidine rings is 1. The third-order valence-electron chi connectivity index (χ3n) is 3.66. The van der Waals surface area contributed by atoms with E-state index in [0.29, 0.717) is 0 Å². The first-order chi connectivity index (χ1) is 8.92. The predicted octanol–water partition coefficient (Wildman–Crippen LogP) is 2.65. The maximum absolute atomic E-state index is 4.34. The van der Waals surface area contributed by atoms with Gasteiger partial charge in [0.25, 0.3) is 0 Å². The SMILES string of the molecule is c1cnc2ccc(NCC3CCNCC3)cc2c1. The second-order valence-electron chi connectivity index (χ2n) is 4.99. The van der Waals surface area contributed by atoms with Crippen molar-refractivity contribution in [3.05, 3.63) is 36.5 Å². The van der Waals surface area contributed by atoms with Gasteiger partial charge in [0.05, 0.1) is 5.52 Å². The third kappa shape index (κ3) is 2.62. The number of benzene rings is 1. The van der Waals surface area contributed by atoms with Crippen molar-refractivity contribution in [1.82, 2.24) is 10.3 Å². The summed E-state index contributed by atoms with van der Waals surface area (Å²) < 4.78 is 0. The first-order valence-corrected chi connectivity index (χ1v) is 6.71. The number of hydrogen-bond donors (Lipinski definition) is 2. The zero-order valence-corrected chi connectivity index (χ0v) is 10.5. The highest BCUT2D eigenvalue weighted by atomic mass is 14.9. The molecule has 0 aliphatic carbocycles. The van der Waals surface area contributed by atoms with Gasteiger partial charge in [-0.15, -0.1) is 0 Å². The molecule has 0 saturated carbocycles. The maximum atomic E-state index is 4.34. The summed E-state index contributed by atoms with van der Waals surface area (Å²) in [6.07, 6.45) is 4.40. The molecule has 1 aliphatic heterocycles. The van der Waals surface area contributed by atoms with Crippen molar-refractivity contribution in [3.8, 4) is 0 Å². The van der Waals surface area contributed by atoms with E-state index in [0.717, 1.165) is 31.1 Å². The van der Waals surface area contributed by atoms with Crippen molar-refractivity contribution in [2.24, 2.45) is 5.92 Å². The molecule has 1 fully saturated rings. The molecule has 0 unspecified atom stereocenters. The van der Waals surface area contributed by atoms with Gasteiger partial charge in [0.15, 0.2) is 0 Å². The standard InChI is InChI=1S/C15H19N3/c1-2-13-10-14(3-4-15(13)17-7-1)18-11-12-5-8-16-9-6-12/h1-4,7,10,12,16,18H,5-6,8-9,11H2. The lowest BCUT2D eigenvalue weighted by Crippen LogP contribution is -2.31. The molecular weight excluding hydrogens is 222 g/mol. The van der Waals surface area contributed by atoms with Crippen LogP contribution in [-0.2, 0) is 0 Å². The fourth-order valence-electron chi connectivity index (χ4n) is 2.53. The highest BCUT2D eigenvalue weighted by Crippen LogP contribution is 2.18. The minimum absolute atomic E-state index is 0.802. The summed E-state index contributed by atoms with van der Waals surface area (Å²) in [4.78, 5) is 4.34. The number of nitrogens with zero attached hydrogens (tertiary/aromatic N) is 1. The summed E-state index contributed by atoms with van der Waals surface area (Å²) in [5, 5.41) is 8.15. The number of rotatable bonds is 3. The summed E-state index contributed by atoms with van der Waals surface area (Å²) in [7, 11) is 0. The topological polar surface area (TPSA) is 37.0 Å². The Labute approximate surface area is 108 Å². The molecular formula is C15H19N3. The zero-order chi connectivity index (χ0) is 12.2. The summed E-state index contributed by atoms with van der Waals surface area (Å²) >= 11 is 0. The second-order valence-corrected chi connectivity index (χ2v) is 4.99. The molecule has 2 heterocycles. The van der Waals surface area contributed by atoms with Gasteiger partial charge in [-0.25, -0.2) is 0 Å². The lowest BCUT2D eigenvalue weighted by molar-refractivity contribution is 0.390. The van der Waals surface area contributed by atoms with Crippen LogP contribution in [0.1, 0.15) is 12.8 Å². The van der Waals surface area contributed by atoms with E-state index < -0.39 is 0 Å². The van der Waals surface area contributed by atoms with Gasteiger partial charge >= 0.3 is 0 Å². The highest BCUT2D eigenvalue weighted by Gasteiger charge is 2.12. The molecule has 2 aromatic rings. The molecule has 1 aromatic heterocycles. The summed E-state index contributed by atoms with van der Waals surface area (Å²) in [6, 6.07) is 10.5. The third-order valence-corrected chi connectivity index (χ3v) is 3.66. The molecule has 0 amide bonds. The van der Waals surface area contributed by atoms with Gasteiger partial charge in [-0.1, -0.05) is 6.07 Å². The molecule has 0 atom stereocenters. The van der Waals surface area contributed by atoms with Crippen LogP contribution in [0.15, 0.2) is 36.5 Å². The fourth-order valence-corrected chi connectivity index (χ4v) is 2.53. The van der Waals surface area contributed by atoms with Crippen LogP contribution >= 0.6 is 0 Å². The van der Waals surface area contributed by atoms with E-state index in [1.807, 2.05) is 12.3 Å². The normalized spacial score (nSPS) is 16.9. The van der Waals surface area contributed by atoms with Crippen molar-refractivity contribution < 1.29 is 0 Å². The Morgan fingerprint density at radius 3 is 3.00 bits per heavy atom. The Bertz CT molecular complexity index is 518. The number of pyridine rings is 1. The number of hydrogen-bond acceptors (Lipinski definition) is 3. The van der Waals surface area contributed by atoms with Gasteiger partial charge in [0.2, 0.25) is 0 Å². The molecule has 94 valence electrons. The quantitative estimate of drug-likeness (QED) is 0.867. The largest absolute Gasteiger partial charge is 0.385 e. The van der Waals surface area contributed by atoms with Crippen LogP contribution in [0, 0.1) is 5.92 Å². The average molecular weight is 241 g/mol. The van der Waals surface area contributed by atoms with Crippen LogP contribution in [0.4, 0.5) is 5.69 Å². The van der Waals surface area contributed by atoms with Crippen LogP contribution in [0.2, 0.25) is 0 Å². The van der Waals surface area contributed by atoms with E-state index in [-0.39, 0.29) is 0 Å². The lowest BCUT2D eigenvalue weighted by atomic mass is 9.98. The molecule has 0 spiro atoms. The predicted molar refractivity (Wildman–Crippen MR) is 75.8 cm³/mol. The van der Waals surface area contributed by atoms with Gasteiger partial charge in [0.1, 0.15) is 0 Å². The minimum atomic E-state index is 0.802. The molecule has 18 heavy (non-hydrogen) atoms. The van der Waals surface area contributed by atoms with Gasteiger partial charge in [-0.3, -0.25) is 4.98 Å². The van der Waals surface area contributed by atoms with Crippen LogP contribution in [0.5, 0.6) is 0 Å². The molecule has 2 N–H and O–H groups in total. The first kappa shape index (κ1) is 11.5. The van der Waals surface area contributed by atoms with E-state index in [9.17, 15) is 0 Å². The Morgan fingerprint density at radius 1 is 1.22 bits per heavy atom. The molecule has 1 aliphatic rings. The Balaban J connectivity index is 1.66. The smallest absolute Gasteiger partial charge is 0.0703 e. The maximum Gasteiger partial charge on any atom is 0.0703 e. The number of nitrogens with one attached hydrogen (secondary N) is 2. The first-order valence-electron chi connectivity index (χ1n) is 6.71. The van der Waals surface area contributed by atoms with Crippen molar-refractivity contribution in [3.63, 3.8) is 0 Å². The average Bonchev–Trinajstić information content (AvgIpc) is 2.46. The van der Waals surface area contributed by atoms with Crippen molar-refractivity contribution in [1.29, 1.82) is 0 Å². The van der Waals surface area contributed by atoms with Crippen LogP contribution in [0.25, 0.3) is 10.9 Å². The van der Waals surface area contributed by atoms with Gasteiger partial charge < -0.3 is 10.6 Å². The molecule has 3 nitrogen and oxygen atoms in total. The summed E-state index contributed by atoms with van der Waals surface area (Å²) in [6.45, 7) is 3.40. The Hall–Kier alpha value is -1.61. The molecule has 1 saturated heterocycles. The minimum Gasteiger partial charge on any atom is -0.385 e. The van der Waals surface area contributed by atoms with Crippen molar-refractivity contribution in [2.45, 2.75) is 12.8 Å². The number of anilines is 1. The number of fused-ring (bicyclic) bond motifs is 1. The lowest BCUT2D eigenvalue weighted by Gasteiger charge is -2.23. The van der Waals surface area contributed by atoms with E-state index in [4.69, 9.17) is 0 Å². The zero-order valence-electron chi connectivity index (χ0n) is 10.5. The van der Waals surface area contributed by atoms with Crippen molar-refractivity contribution in [2.75, 3.05) is 25.0 Å². The Kier molecular flexibility index (Phi) is 3.42. The van der Waals surface area contributed by atoms with Gasteiger partial charge in [-0.05, 0) is 56.1 Å². The van der Waals surface area contributed by atoms with E-state index in [2.05, 4.69) is 39.9 Å². The molecule has 0 radical (unpaired) electrons. The van der Waals surface area contributed by atoms with Crippen LogP contribution in [0.3, 0.4) is 0 Å². The summed E-state index contributed by atoms with van der Waals surface area (Å²) in [5.74, 6) is 0.802. The van der Waals surface area contributed by atoms with Gasteiger partial charge in [0, 0.05) is 23.8 Å². The molecule has 1 aromatic carbocycles. The number of aromatic nitrogens is 1. The van der Waals surface area contributed by atoms with E-state index in [1.54, 1.807) is 0 Å². The summed E-state index contributed by atoms with van der Waals surface area (Å²) in [5.41, 5.74) is 2.26. The fraction of sp³-hybridized carbons (Fsp3) is 0.400. The van der Waals surface area contributed by atoms with Crippen molar-refractivity contribution >= 4 is 16.6 Å². The van der Waals surface area contributed by atoms with Gasteiger partial charge in [-0.2, -0.15) is 0 Å². The molecule has 0 bridgehead atoms. The second kappa shape index (κ2) is 5.36. The molecule has 3 rings (SSSR count). The molecule has 3 heteroatoms. The highest BCUT2D eigenvalue weighted by molar-refractivity contribution is 5.82. The monoisotopic (exact) mass is 241 g/mol. The van der Waals surface area contributed by atoms with E-state index in [1.165, 1.54) is 23.9 Å².